The topological polar surface area (TPSA) is 45.6 Å². The first kappa shape index (κ1) is 18.2. The summed E-state index contributed by atoms with van der Waals surface area (Å²) < 4.78 is 15.9. The van der Waals surface area contributed by atoms with Crippen LogP contribution in [-0.2, 0) is 11.3 Å². The highest BCUT2D eigenvalue weighted by atomic mass is 19.1. The lowest BCUT2D eigenvalue weighted by Crippen LogP contribution is -2.51. The van der Waals surface area contributed by atoms with Crippen LogP contribution in [0, 0.1) is 12.7 Å². The third-order valence-electron chi connectivity index (χ3n) is 5.33. The fourth-order valence-electron chi connectivity index (χ4n) is 3.76. The molecule has 1 aliphatic heterocycles. The number of carbonyl (C=O) groups is 2. The van der Waals surface area contributed by atoms with Crippen molar-refractivity contribution in [2.45, 2.75) is 13.5 Å². The minimum atomic E-state index is -0.513. The molecule has 0 aliphatic carbocycles. The minimum Gasteiger partial charge on any atom is -0.338 e. The number of hydrogen-bond acceptors (Lipinski definition) is 2. The quantitative estimate of drug-likeness (QED) is 0.702. The third kappa shape index (κ3) is 3.38. The lowest BCUT2D eigenvalue weighted by atomic mass is 10.1. The molecule has 5 nitrogen and oxygen atoms in total. The van der Waals surface area contributed by atoms with Gasteiger partial charge in [0.1, 0.15) is 12.4 Å². The number of piperazine rings is 1. The van der Waals surface area contributed by atoms with Crippen molar-refractivity contribution in [3.63, 3.8) is 0 Å². The fourth-order valence-corrected chi connectivity index (χ4v) is 3.76. The summed E-state index contributed by atoms with van der Waals surface area (Å²) in [5, 5.41) is 1.12. The summed E-state index contributed by atoms with van der Waals surface area (Å²) in [6.07, 6.45) is 0. The number of nitrogens with zero attached hydrogens (tertiary/aromatic N) is 3. The Hall–Kier alpha value is -3.15. The van der Waals surface area contributed by atoms with Crippen LogP contribution in [0.15, 0.2) is 54.6 Å². The predicted octanol–water partition coefficient (Wildman–Crippen LogP) is 3.07. The van der Waals surface area contributed by atoms with E-state index in [4.69, 9.17) is 0 Å². The van der Waals surface area contributed by atoms with Gasteiger partial charge in [0.15, 0.2) is 0 Å². The number of hydrogen-bond donors (Lipinski definition) is 0. The van der Waals surface area contributed by atoms with E-state index in [2.05, 4.69) is 6.07 Å². The molecule has 28 heavy (non-hydrogen) atoms. The minimum absolute atomic E-state index is 0.0300. The Morgan fingerprint density at radius 3 is 2.32 bits per heavy atom. The number of para-hydroxylation sites is 1. The lowest BCUT2D eigenvalue weighted by Gasteiger charge is -2.35. The van der Waals surface area contributed by atoms with Crippen LogP contribution in [0.3, 0.4) is 0 Å². The smallest absolute Gasteiger partial charge is 0.256 e. The van der Waals surface area contributed by atoms with Gasteiger partial charge in [-0.25, -0.2) is 4.39 Å². The van der Waals surface area contributed by atoms with Gasteiger partial charge in [0, 0.05) is 37.4 Å². The molecule has 3 aromatic rings. The molecule has 1 saturated heterocycles. The van der Waals surface area contributed by atoms with E-state index in [0.29, 0.717) is 26.2 Å². The molecule has 0 N–H and O–H groups in total. The zero-order chi connectivity index (χ0) is 19.7. The van der Waals surface area contributed by atoms with Gasteiger partial charge in [0.25, 0.3) is 5.91 Å². The van der Waals surface area contributed by atoms with Crippen LogP contribution in [0.4, 0.5) is 4.39 Å². The van der Waals surface area contributed by atoms with Crippen LogP contribution >= 0.6 is 0 Å². The van der Waals surface area contributed by atoms with E-state index in [1.54, 1.807) is 21.9 Å². The summed E-state index contributed by atoms with van der Waals surface area (Å²) in [6.45, 7) is 4.00. The van der Waals surface area contributed by atoms with Gasteiger partial charge >= 0.3 is 0 Å². The number of fused-ring (bicyclic) bond motifs is 1. The Morgan fingerprint density at radius 2 is 1.57 bits per heavy atom. The monoisotopic (exact) mass is 379 g/mol. The number of aromatic nitrogens is 1. The molecule has 1 aliphatic rings. The van der Waals surface area contributed by atoms with Crippen LogP contribution in [-0.4, -0.2) is 52.4 Å². The molecule has 0 radical (unpaired) electrons. The number of halogens is 1. The van der Waals surface area contributed by atoms with Crippen molar-refractivity contribution in [2.75, 3.05) is 26.2 Å². The SMILES string of the molecule is Cc1cc2ccccc2n1CC(=O)N1CCN(C(=O)c2ccccc2F)CC1. The first-order valence-corrected chi connectivity index (χ1v) is 9.41. The maximum Gasteiger partial charge on any atom is 0.256 e. The molecule has 1 fully saturated rings. The van der Waals surface area contributed by atoms with E-state index in [9.17, 15) is 14.0 Å². The average Bonchev–Trinajstić information content (AvgIpc) is 3.03. The maximum atomic E-state index is 13.9. The summed E-state index contributed by atoms with van der Waals surface area (Å²) in [4.78, 5) is 28.7. The largest absolute Gasteiger partial charge is 0.338 e. The molecule has 0 unspecified atom stereocenters. The lowest BCUT2D eigenvalue weighted by molar-refractivity contribution is -0.133. The first-order chi connectivity index (χ1) is 13.5. The van der Waals surface area contributed by atoms with Crippen LogP contribution in [0.5, 0.6) is 0 Å². The predicted molar refractivity (Wildman–Crippen MR) is 106 cm³/mol. The Balaban J connectivity index is 1.41. The van der Waals surface area contributed by atoms with Crippen molar-refractivity contribution >= 4 is 22.7 Å². The van der Waals surface area contributed by atoms with Crippen molar-refractivity contribution in [3.05, 3.63) is 71.7 Å². The second kappa shape index (κ2) is 7.46. The second-order valence-corrected chi connectivity index (χ2v) is 7.08. The van der Waals surface area contributed by atoms with Gasteiger partial charge in [0.2, 0.25) is 5.91 Å². The van der Waals surface area contributed by atoms with Crippen molar-refractivity contribution in [1.29, 1.82) is 0 Å². The molecule has 0 bridgehead atoms. The first-order valence-electron chi connectivity index (χ1n) is 9.41. The van der Waals surface area contributed by atoms with E-state index in [-0.39, 0.29) is 23.9 Å². The van der Waals surface area contributed by atoms with Crippen molar-refractivity contribution < 1.29 is 14.0 Å². The normalized spacial score (nSPS) is 14.5. The third-order valence-corrected chi connectivity index (χ3v) is 5.33. The Bertz CT molecular complexity index is 1040. The molecule has 2 aromatic carbocycles. The Kier molecular flexibility index (Phi) is 4.86. The van der Waals surface area contributed by atoms with E-state index >= 15 is 0 Å². The Morgan fingerprint density at radius 1 is 0.929 bits per heavy atom. The van der Waals surface area contributed by atoms with E-state index in [1.165, 1.54) is 12.1 Å². The molecular formula is C22H22FN3O2. The number of amides is 2. The molecule has 0 spiro atoms. The average molecular weight is 379 g/mol. The van der Waals surface area contributed by atoms with E-state index in [1.807, 2.05) is 35.8 Å². The number of aryl methyl sites for hydroxylation is 1. The van der Waals surface area contributed by atoms with Gasteiger partial charge in [0.05, 0.1) is 5.56 Å². The summed E-state index contributed by atoms with van der Waals surface area (Å²) in [5.74, 6) is -0.805. The van der Waals surface area contributed by atoms with Gasteiger partial charge in [-0.2, -0.15) is 0 Å². The van der Waals surface area contributed by atoms with Gasteiger partial charge < -0.3 is 14.4 Å². The summed E-state index contributed by atoms with van der Waals surface area (Å²) >= 11 is 0. The van der Waals surface area contributed by atoms with E-state index < -0.39 is 5.82 Å². The zero-order valence-corrected chi connectivity index (χ0v) is 15.8. The molecule has 2 amide bonds. The molecule has 6 heteroatoms. The van der Waals surface area contributed by atoms with Crippen molar-refractivity contribution in [3.8, 4) is 0 Å². The summed E-state index contributed by atoms with van der Waals surface area (Å²) in [6, 6.07) is 16.1. The second-order valence-electron chi connectivity index (χ2n) is 7.08. The van der Waals surface area contributed by atoms with Crippen molar-refractivity contribution in [1.82, 2.24) is 14.4 Å². The standard InChI is InChI=1S/C22H22FN3O2/c1-16-14-17-6-2-5-9-20(17)26(16)15-21(27)24-10-12-25(13-11-24)22(28)18-7-3-4-8-19(18)23/h2-9,14H,10-13,15H2,1H3. The van der Waals surface area contributed by atoms with Crippen LogP contribution in [0.25, 0.3) is 10.9 Å². The van der Waals surface area contributed by atoms with Crippen LogP contribution in [0.2, 0.25) is 0 Å². The molecule has 4 rings (SSSR count). The number of benzene rings is 2. The van der Waals surface area contributed by atoms with Crippen LogP contribution in [0.1, 0.15) is 16.1 Å². The zero-order valence-electron chi connectivity index (χ0n) is 15.8. The number of carbonyl (C=O) groups excluding carboxylic acids is 2. The van der Waals surface area contributed by atoms with Crippen LogP contribution < -0.4 is 0 Å². The molecule has 144 valence electrons. The number of rotatable bonds is 3. The van der Waals surface area contributed by atoms with Gasteiger partial charge in [-0.1, -0.05) is 30.3 Å². The highest BCUT2D eigenvalue weighted by molar-refractivity contribution is 5.94. The van der Waals surface area contributed by atoms with Gasteiger partial charge in [-0.05, 0) is 36.6 Å². The fraction of sp³-hybridized carbons (Fsp3) is 0.273. The highest BCUT2D eigenvalue weighted by Crippen LogP contribution is 2.20. The summed E-state index contributed by atoms with van der Waals surface area (Å²) in [7, 11) is 0. The molecular weight excluding hydrogens is 357 g/mol. The highest BCUT2D eigenvalue weighted by Gasteiger charge is 2.26. The molecule has 2 heterocycles. The van der Waals surface area contributed by atoms with Gasteiger partial charge in [-0.15, -0.1) is 0 Å². The molecule has 0 saturated carbocycles. The molecule has 1 aromatic heterocycles. The van der Waals surface area contributed by atoms with E-state index in [0.717, 1.165) is 16.6 Å². The maximum absolute atomic E-state index is 13.9. The van der Waals surface area contributed by atoms with Crippen molar-refractivity contribution in [2.24, 2.45) is 0 Å². The molecule has 0 atom stereocenters. The summed E-state index contributed by atoms with van der Waals surface area (Å²) in [5.41, 5.74) is 2.17. The Labute approximate surface area is 163 Å². The van der Waals surface area contributed by atoms with Gasteiger partial charge in [-0.3, -0.25) is 9.59 Å².